The van der Waals surface area contributed by atoms with Gasteiger partial charge in [0.05, 0.1) is 0 Å². The number of rotatable bonds is 3. The maximum absolute atomic E-state index is 11.8. The van der Waals surface area contributed by atoms with Gasteiger partial charge in [0.2, 0.25) is 0 Å². The molecule has 0 bridgehead atoms. The first-order chi connectivity index (χ1) is 7.29. The summed E-state index contributed by atoms with van der Waals surface area (Å²) < 4.78 is 35.5. The van der Waals surface area contributed by atoms with E-state index in [0.717, 1.165) is 17.5 Å². The average molecular weight is 272 g/mol. The first kappa shape index (κ1) is 14.0. The van der Waals surface area contributed by atoms with E-state index in [0.29, 0.717) is 6.54 Å². The first-order valence-electron chi connectivity index (χ1n) is 4.90. The largest absolute Gasteiger partial charge is 0.441 e. The lowest BCUT2D eigenvalue weighted by Crippen LogP contribution is -2.32. The van der Waals surface area contributed by atoms with Gasteiger partial charge in [-0.2, -0.15) is 13.2 Å². The van der Waals surface area contributed by atoms with Crippen LogP contribution in [0.1, 0.15) is 13.8 Å². The minimum atomic E-state index is -4.13. The molecule has 16 heavy (non-hydrogen) atoms. The monoisotopic (exact) mass is 272 g/mol. The molecule has 2 nitrogen and oxygen atoms in total. The molecule has 1 rings (SSSR count). The number of aliphatic imine (C=N–C) groups is 1. The third-order valence-corrected chi connectivity index (χ3v) is 4.10. The summed E-state index contributed by atoms with van der Waals surface area (Å²) in [6, 6.07) is 0. The lowest BCUT2D eigenvalue weighted by molar-refractivity contribution is -0.0327. The molecule has 0 saturated heterocycles. The second kappa shape index (κ2) is 5.53. The topological polar surface area (TPSA) is 24.4 Å². The van der Waals surface area contributed by atoms with Crippen LogP contribution in [0, 0.1) is 5.41 Å². The molecule has 0 aromatic heterocycles. The molecule has 94 valence electrons. The van der Waals surface area contributed by atoms with Gasteiger partial charge < -0.3 is 5.32 Å². The molecule has 0 unspecified atom stereocenters. The predicted octanol–water partition coefficient (Wildman–Crippen LogP) is 2.96. The quantitative estimate of drug-likeness (QED) is 0.799. The highest BCUT2D eigenvalue weighted by molar-refractivity contribution is 8.13. The summed E-state index contributed by atoms with van der Waals surface area (Å²) in [5.41, 5.74) is -3.94. The summed E-state index contributed by atoms with van der Waals surface area (Å²) in [5.74, 6) is 0.970. The number of halogens is 3. The Morgan fingerprint density at radius 1 is 1.50 bits per heavy atom. The van der Waals surface area contributed by atoms with Gasteiger partial charge in [0.25, 0.3) is 0 Å². The standard InChI is InChI=1S/C9H15F3N2S2/c1-8(2)5-14-7(15-6-8)13-3-4-16-9(10,11)12/h3-6H2,1-2H3,(H,13,14). The minimum Gasteiger partial charge on any atom is -0.364 e. The van der Waals surface area contributed by atoms with Gasteiger partial charge in [-0.15, -0.1) is 0 Å². The number of thioether (sulfide) groups is 2. The van der Waals surface area contributed by atoms with Crippen LogP contribution in [0.4, 0.5) is 13.2 Å². The van der Waals surface area contributed by atoms with Crippen molar-refractivity contribution < 1.29 is 13.2 Å². The fraction of sp³-hybridized carbons (Fsp3) is 0.889. The van der Waals surface area contributed by atoms with Crippen molar-refractivity contribution in [3.63, 3.8) is 0 Å². The van der Waals surface area contributed by atoms with Crippen molar-refractivity contribution in [3.8, 4) is 0 Å². The first-order valence-corrected chi connectivity index (χ1v) is 6.87. The number of nitrogens with one attached hydrogen (secondary N) is 1. The molecule has 0 spiro atoms. The fourth-order valence-corrected chi connectivity index (χ4v) is 2.49. The Bertz CT molecular complexity index is 264. The lowest BCUT2D eigenvalue weighted by Gasteiger charge is -2.27. The Morgan fingerprint density at radius 3 is 2.69 bits per heavy atom. The molecule has 0 fully saturated rings. The normalized spacial score (nSPS) is 20.4. The fourth-order valence-electron chi connectivity index (χ4n) is 1.07. The number of hydrogen-bond donors (Lipinski definition) is 1. The number of amidine groups is 1. The average Bonchev–Trinajstić information content (AvgIpc) is 2.13. The molecule has 1 aliphatic heterocycles. The Hall–Kier alpha value is -0.0400. The predicted molar refractivity (Wildman–Crippen MR) is 65.1 cm³/mol. The van der Waals surface area contributed by atoms with Gasteiger partial charge in [-0.3, -0.25) is 4.99 Å². The summed E-state index contributed by atoms with van der Waals surface area (Å²) in [6.45, 7) is 5.28. The summed E-state index contributed by atoms with van der Waals surface area (Å²) >= 11 is 1.57. The molecular formula is C9H15F3N2S2. The van der Waals surface area contributed by atoms with Crippen LogP contribution in [0.25, 0.3) is 0 Å². The summed E-state index contributed by atoms with van der Waals surface area (Å²) in [6.07, 6.45) is 0. The van der Waals surface area contributed by atoms with Crippen LogP contribution in [0.2, 0.25) is 0 Å². The summed E-state index contributed by atoms with van der Waals surface area (Å²) in [4.78, 5) is 4.29. The third kappa shape index (κ3) is 5.89. The minimum absolute atomic E-state index is 0.00482. The molecule has 0 aromatic rings. The van der Waals surface area contributed by atoms with Crippen molar-refractivity contribution >= 4 is 28.7 Å². The van der Waals surface area contributed by atoms with Crippen molar-refractivity contribution in [1.29, 1.82) is 0 Å². The number of alkyl halides is 3. The molecule has 0 atom stereocenters. The molecule has 0 saturated carbocycles. The van der Waals surface area contributed by atoms with Crippen LogP contribution < -0.4 is 5.32 Å². The molecule has 1 heterocycles. The van der Waals surface area contributed by atoms with Crippen LogP contribution in [-0.2, 0) is 0 Å². The van der Waals surface area contributed by atoms with Crippen LogP contribution in [0.3, 0.4) is 0 Å². The van der Waals surface area contributed by atoms with E-state index in [1.54, 1.807) is 11.8 Å². The molecular weight excluding hydrogens is 257 g/mol. The van der Waals surface area contributed by atoms with Crippen LogP contribution in [-0.4, -0.2) is 35.3 Å². The molecule has 7 heteroatoms. The van der Waals surface area contributed by atoms with E-state index >= 15 is 0 Å². The van der Waals surface area contributed by atoms with E-state index in [9.17, 15) is 13.2 Å². The zero-order chi connectivity index (χ0) is 12.2. The highest BCUT2D eigenvalue weighted by Crippen LogP contribution is 2.30. The van der Waals surface area contributed by atoms with E-state index in [1.807, 2.05) is 0 Å². The van der Waals surface area contributed by atoms with E-state index in [2.05, 4.69) is 24.2 Å². The molecule has 0 radical (unpaired) electrons. The Kier molecular flexibility index (Phi) is 4.85. The Morgan fingerprint density at radius 2 is 2.19 bits per heavy atom. The smallest absolute Gasteiger partial charge is 0.364 e. The summed E-state index contributed by atoms with van der Waals surface area (Å²) in [7, 11) is 0. The van der Waals surface area contributed by atoms with Crippen molar-refractivity contribution in [2.24, 2.45) is 10.4 Å². The van der Waals surface area contributed by atoms with E-state index in [-0.39, 0.29) is 22.9 Å². The van der Waals surface area contributed by atoms with Crippen molar-refractivity contribution in [1.82, 2.24) is 5.32 Å². The SMILES string of the molecule is CC1(C)CN=C(NCCSC(F)(F)F)SC1. The van der Waals surface area contributed by atoms with Crippen molar-refractivity contribution in [2.75, 3.05) is 24.6 Å². The molecule has 0 aliphatic carbocycles. The Balaban J connectivity index is 2.18. The van der Waals surface area contributed by atoms with Crippen molar-refractivity contribution in [3.05, 3.63) is 0 Å². The lowest BCUT2D eigenvalue weighted by atomic mass is 9.97. The maximum atomic E-state index is 11.8. The second-order valence-electron chi connectivity index (χ2n) is 4.30. The van der Waals surface area contributed by atoms with Gasteiger partial charge in [0.1, 0.15) is 0 Å². The van der Waals surface area contributed by atoms with E-state index in [1.165, 1.54) is 0 Å². The Labute approximate surface area is 102 Å². The highest BCUT2D eigenvalue weighted by Gasteiger charge is 2.27. The van der Waals surface area contributed by atoms with Crippen LogP contribution in [0.15, 0.2) is 4.99 Å². The van der Waals surface area contributed by atoms with Gasteiger partial charge in [-0.1, -0.05) is 25.6 Å². The van der Waals surface area contributed by atoms with Gasteiger partial charge in [0, 0.05) is 24.6 Å². The zero-order valence-corrected chi connectivity index (χ0v) is 10.9. The van der Waals surface area contributed by atoms with Crippen molar-refractivity contribution in [2.45, 2.75) is 19.4 Å². The molecule has 1 N–H and O–H groups in total. The van der Waals surface area contributed by atoms with E-state index in [4.69, 9.17) is 0 Å². The molecule has 1 aliphatic rings. The summed E-state index contributed by atoms with van der Waals surface area (Å²) in [5, 5.41) is 3.69. The van der Waals surface area contributed by atoms with E-state index < -0.39 is 5.51 Å². The number of nitrogens with zero attached hydrogens (tertiary/aromatic N) is 1. The van der Waals surface area contributed by atoms with Gasteiger partial charge in [-0.25, -0.2) is 0 Å². The maximum Gasteiger partial charge on any atom is 0.441 e. The molecule has 0 amide bonds. The van der Waals surface area contributed by atoms with Gasteiger partial charge in [0.15, 0.2) is 5.17 Å². The van der Waals surface area contributed by atoms with Crippen LogP contribution >= 0.6 is 23.5 Å². The number of hydrogen-bond acceptors (Lipinski definition) is 4. The van der Waals surface area contributed by atoms with Crippen LogP contribution in [0.5, 0.6) is 0 Å². The molecule has 0 aromatic carbocycles. The second-order valence-corrected chi connectivity index (χ2v) is 6.42. The third-order valence-electron chi connectivity index (χ3n) is 1.89. The van der Waals surface area contributed by atoms with Gasteiger partial charge >= 0.3 is 5.51 Å². The zero-order valence-electron chi connectivity index (χ0n) is 9.23. The van der Waals surface area contributed by atoms with Gasteiger partial charge in [-0.05, 0) is 17.2 Å². The highest BCUT2D eigenvalue weighted by atomic mass is 32.2.